The van der Waals surface area contributed by atoms with Crippen LogP contribution in [0.3, 0.4) is 0 Å². The normalized spacial score (nSPS) is 16.6. The van der Waals surface area contributed by atoms with Gasteiger partial charge in [-0.3, -0.25) is 4.90 Å². The van der Waals surface area contributed by atoms with Gasteiger partial charge in [-0.05, 0) is 24.6 Å². The van der Waals surface area contributed by atoms with E-state index in [4.69, 9.17) is 10.4 Å². The Labute approximate surface area is 108 Å². The van der Waals surface area contributed by atoms with E-state index in [-0.39, 0.29) is 6.61 Å². The van der Waals surface area contributed by atoms with Gasteiger partial charge >= 0.3 is 0 Å². The highest BCUT2D eigenvalue weighted by Gasteiger charge is 2.18. The SMILES string of the molecule is Cc1ccc(C#N)c(N2CCN(CCO)CC2)c1. The zero-order valence-electron chi connectivity index (χ0n) is 10.8. The lowest BCUT2D eigenvalue weighted by molar-refractivity contribution is 0.189. The Hall–Kier alpha value is -1.57. The van der Waals surface area contributed by atoms with Crippen molar-refractivity contribution >= 4 is 5.69 Å². The topological polar surface area (TPSA) is 50.5 Å². The predicted octanol–water partition coefficient (Wildman–Crippen LogP) is 0.981. The number of anilines is 1. The van der Waals surface area contributed by atoms with Crippen molar-refractivity contribution in [2.24, 2.45) is 0 Å². The summed E-state index contributed by atoms with van der Waals surface area (Å²) in [7, 11) is 0. The Morgan fingerprint density at radius 2 is 2.00 bits per heavy atom. The quantitative estimate of drug-likeness (QED) is 0.862. The van der Waals surface area contributed by atoms with Crippen molar-refractivity contribution in [3.8, 4) is 6.07 Å². The largest absolute Gasteiger partial charge is 0.395 e. The highest BCUT2D eigenvalue weighted by atomic mass is 16.3. The lowest BCUT2D eigenvalue weighted by atomic mass is 10.1. The molecule has 0 amide bonds. The fraction of sp³-hybridized carbons (Fsp3) is 0.500. The average molecular weight is 245 g/mol. The van der Waals surface area contributed by atoms with Gasteiger partial charge in [0.25, 0.3) is 0 Å². The molecule has 1 aromatic rings. The van der Waals surface area contributed by atoms with E-state index in [0.717, 1.165) is 44.0 Å². The van der Waals surface area contributed by atoms with Crippen LogP contribution in [0.1, 0.15) is 11.1 Å². The average Bonchev–Trinajstić information content (AvgIpc) is 2.40. The van der Waals surface area contributed by atoms with Gasteiger partial charge in [-0.25, -0.2) is 0 Å². The maximum atomic E-state index is 9.16. The van der Waals surface area contributed by atoms with Crippen molar-refractivity contribution in [1.29, 1.82) is 5.26 Å². The van der Waals surface area contributed by atoms with Gasteiger partial charge < -0.3 is 10.0 Å². The number of benzene rings is 1. The number of nitrogens with zero attached hydrogens (tertiary/aromatic N) is 3. The standard InChI is InChI=1S/C14H19N3O/c1-12-2-3-13(11-15)14(10-12)17-6-4-16(5-7-17)8-9-18/h2-3,10,18H,4-9H2,1H3. The maximum absolute atomic E-state index is 9.16. The number of hydrogen-bond donors (Lipinski definition) is 1. The Morgan fingerprint density at radius 3 is 2.61 bits per heavy atom. The Kier molecular flexibility index (Phi) is 4.19. The molecular weight excluding hydrogens is 226 g/mol. The third-order valence-corrected chi connectivity index (χ3v) is 3.40. The van der Waals surface area contributed by atoms with E-state index in [9.17, 15) is 0 Å². The maximum Gasteiger partial charge on any atom is 0.101 e. The monoisotopic (exact) mass is 245 g/mol. The molecule has 0 bridgehead atoms. The summed E-state index contributed by atoms with van der Waals surface area (Å²) in [5.41, 5.74) is 2.97. The summed E-state index contributed by atoms with van der Waals surface area (Å²) in [5.74, 6) is 0. The minimum absolute atomic E-state index is 0.216. The molecule has 1 N–H and O–H groups in total. The van der Waals surface area contributed by atoms with Crippen molar-refractivity contribution in [2.45, 2.75) is 6.92 Å². The number of aliphatic hydroxyl groups is 1. The van der Waals surface area contributed by atoms with Crippen LogP contribution in [0.5, 0.6) is 0 Å². The number of piperazine rings is 1. The van der Waals surface area contributed by atoms with E-state index < -0.39 is 0 Å². The molecular formula is C14H19N3O. The van der Waals surface area contributed by atoms with E-state index >= 15 is 0 Å². The minimum Gasteiger partial charge on any atom is -0.395 e. The van der Waals surface area contributed by atoms with Gasteiger partial charge in [0.15, 0.2) is 0 Å². The van der Waals surface area contributed by atoms with Crippen LogP contribution in [-0.2, 0) is 0 Å². The minimum atomic E-state index is 0.216. The van der Waals surface area contributed by atoms with E-state index in [1.165, 1.54) is 5.56 Å². The van der Waals surface area contributed by atoms with Crippen molar-refractivity contribution in [3.05, 3.63) is 29.3 Å². The van der Waals surface area contributed by atoms with Gasteiger partial charge in [-0.1, -0.05) is 6.07 Å². The molecule has 18 heavy (non-hydrogen) atoms. The van der Waals surface area contributed by atoms with Crippen LogP contribution < -0.4 is 4.90 Å². The predicted molar refractivity (Wildman–Crippen MR) is 71.6 cm³/mol. The molecule has 1 aliphatic rings. The second-order valence-corrected chi connectivity index (χ2v) is 4.68. The summed E-state index contributed by atoms with van der Waals surface area (Å²) in [6.45, 7) is 6.72. The van der Waals surface area contributed by atoms with Crippen molar-refractivity contribution in [1.82, 2.24) is 4.90 Å². The summed E-state index contributed by atoms with van der Waals surface area (Å²) >= 11 is 0. The number of aliphatic hydroxyl groups excluding tert-OH is 1. The molecule has 0 radical (unpaired) electrons. The lowest BCUT2D eigenvalue weighted by Gasteiger charge is -2.36. The number of nitriles is 1. The van der Waals surface area contributed by atoms with Crippen LogP contribution in [0, 0.1) is 18.3 Å². The molecule has 1 aliphatic heterocycles. The first-order valence-corrected chi connectivity index (χ1v) is 6.33. The summed E-state index contributed by atoms with van der Waals surface area (Å²) in [6.07, 6.45) is 0. The van der Waals surface area contributed by atoms with E-state index in [1.54, 1.807) is 0 Å². The van der Waals surface area contributed by atoms with Crippen LogP contribution in [-0.4, -0.2) is 49.3 Å². The highest BCUT2D eigenvalue weighted by molar-refractivity contribution is 5.60. The molecule has 1 fully saturated rings. The third kappa shape index (κ3) is 2.81. The molecule has 96 valence electrons. The summed E-state index contributed by atoms with van der Waals surface area (Å²) < 4.78 is 0. The summed E-state index contributed by atoms with van der Waals surface area (Å²) in [6, 6.07) is 8.21. The molecule has 4 nitrogen and oxygen atoms in total. The number of aryl methyl sites for hydroxylation is 1. The fourth-order valence-corrected chi connectivity index (χ4v) is 2.35. The zero-order valence-corrected chi connectivity index (χ0v) is 10.8. The molecule has 0 aliphatic carbocycles. The van der Waals surface area contributed by atoms with Crippen LogP contribution in [0.4, 0.5) is 5.69 Å². The van der Waals surface area contributed by atoms with Gasteiger partial charge in [-0.2, -0.15) is 5.26 Å². The number of β-amino-alcohol motifs (C(OH)–C–C–N with tert-alkyl or cyclic N) is 1. The first kappa shape index (κ1) is 12.9. The van der Waals surface area contributed by atoms with Crippen LogP contribution in [0.15, 0.2) is 18.2 Å². The van der Waals surface area contributed by atoms with Crippen molar-refractivity contribution in [2.75, 3.05) is 44.2 Å². The first-order chi connectivity index (χ1) is 8.74. The van der Waals surface area contributed by atoms with Gasteiger partial charge in [0.2, 0.25) is 0 Å². The molecule has 0 atom stereocenters. The van der Waals surface area contributed by atoms with Crippen LogP contribution in [0.2, 0.25) is 0 Å². The van der Waals surface area contributed by atoms with Crippen molar-refractivity contribution in [3.63, 3.8) is 0 Å². The molecule has 0 spiro atoms. The highest BCUT2D eigenvalue weighted by Crippen LogP contribution is 2.22. The summed E-state index contributed by atoms with van der Waals surface area (Å²) in [4.78, 5) is 4.51. The van der Waals surface area contributed by atoms with Gasteiger partial charge in [0.05, 0.1) is 17.9 Å². The van der Waals surface area contributed by atoms with Crippen LogP contribution in [0.25, 0.3) is 0 Å². The molecule has 0 unspecified atom stereocenters. The smallest absolute Gasteiger partial charge is 0.101 e. The van der Waals surface area contributed by atoms with E-state index in [1.807, 2.05) is 19.1 Å². The van der Waals surface area contributed by atoms with Crippen LogP contribution >= 0.6 is 0 Å². The number of rotatable bonds is 3. The van der Waals surface area contributed by atoms with Gasteiger partial charge in [-0.15, -0.1) is 0 Å². The fourth-order valence-electron chi connectivity index (χ4n) is 2.35. The lowest BCUT2D eigenvalue weighted by Crippen LogP contribution is -2.47. The van der Waals surface area contributed by atoms with Gasteiger partial charge in [0.1, 0.15) is 6.07 Å². The second-order valence-electron chi connectivity index (χ2n) is 4.68. The summed E-state index contributed by atoms with van der Waals surface area (Å²) in [5, 5.41) is 18.1. The Bertz CT molecular complexity index is 445. The van der Waals surface area contributed by atoms with E-state index in [0.29, 0.717) is 0 Å². The Morgan fingerprint density at radius 1 is 1.28 bits per heavy atom. The molecule has 1 heterocycles. The Balaban J connectivity index is 2.10. The molecule has 4 heteroatoms. The molecule has 1 aromatic carbocycles. The third-order valence-electron chi connectivity index (χ3n) is 3.40. The van der Waals surface area contributed by atoms with Crippen molar-refractivity contribution < 1.29 is 5.11 Å². The first-order valence-electron chi connectivity index (χ1n) is 6.33. The molecule has 2 rings (SSSR count). The molecule has 0 saturated carbocycles. The van der Waals surface area contributed by atoms with Gasteiger partial charge in [0, 0.05) is 32.7 Å². The molecule has 1 saturated heterocycles. The van der Waals surface area contributed by atoms with E-state index in [2.05, 4.69) is 21.9 Å². The molecule has 0 aromatic heterocycles. The second kappa shape index (κ2) is 5.85. The zero-order chi connectivity index (χ0) is 13.0. The number of hydrogen-bond acceptors (Lipinski definition) is 4.